The lowest BCUT2D eigenvalue weighted by Crippen LogP contribution is -2.32. The van der Waals surface area contributed by atoms with Gasteiger partial charge in [0.25, 0.3) is 0 Å². The first kappa shape index (κ1) is 20.0. The summed E-state index contributed by atoms with van der Waals surface area (Å²) in [4.78, 5) is 24.5. The number of nitrogens with one attached hydrogen (secondary N) is 1. The summed E-state index contributed by atoms with van der Waals surface area (Å²) in [7, 11) is 1.78. The van der Waals surface area contributed by atoms with E-state index in [0.717, 1.165) is 17.5 Å². The Hall–Kier alpha value is -2.76. The van der Waals surface area contributed by atoms with Gasteiger partial charge in [0.05, 0.1) is 0 Å². The van der Waals surface area contributed by atoms with Gasteiger partial charge in [-0.15, -0.1) is 0 Å². The summed E-state index contributed by atoms with van der Waals surface area (Å²) < 4.78 is 26.0. The number of rotatable bonds is 4. The van der Waals surface area contributed by atoms with Crippen LogP contribution < -0.4 is 10.2 Å². The number of carbonyl (C=O) groups is 2. The molecule has 1 aliphatic heterocycles. The second kappa shape index (κ2) is 7.70. The maximum Gasteiger partial charge on any atom is 0.240 e. The Morgan fingerprint density at radius 1 is 1.18 bits per heavy atom. The molecule has 2 atom stereocenters. The van der Waals surface area contributed by atoms with Crippen LogP contribution in [-0.2, 0) is 9.59 Å². The summed E-state index contributed by atoms with van der Waals surface area (Å²) in [5.41, 5.74) is 1.50. The first-order valence-electron chi connectivity index (χ1n) is 9.33. The van der Waals surface area contributed by atoms with Crippen molar-refractivity contribution in [3.8, 4) is 0 Å². The second-order valence-corrected chi connectivity index (χ2v) is 7.59. The van der Waals surface area contributed by atoms with Gasteiger partial charge in [-0.25, -0.2) is 8.78 Å². The normalized spacial score (nSPS) is 22.4. The van der Waals surface area contributed by atoms with Crippen LogP contribution in [0.15, 0.2) is 42.5 Å². The van der Waals surface area contributed by atoms with Gasteiger partial charge < -0.3 is 15.0 Å². The van der Waals surface area contributed by atoms with E-state index < -0.39 is 5.41 Å². The van der Waals surface area contributed by atoms with Gasteiger partial charge in [-0.1, -0.05) is 19.9 Å². The molecular weight excluding hydrogens is 362 g/mol. The number of benzene rings is 2. The molecule has 2 unspecified atom stereocenters. The minimum atomic E-state index is -0.756. The summed E-state index contributed by atoms with van der Waals surface area (Å²) in [6.45, 7) is 4.54. The molecule has 1 amide bonds. The highest BCUT2D eigenvalue weighted by molar-refractivity contribution is 6.12. The Labute approximate surface area is 163 Å². The zero-order valence-electron chi connectivity index (χ0n) is 16.2. The SMILES string of the molecule is CNc1ccc(C(C)C)c(F)c1.O=CC12CC1CN(c1ccc(F)cc1)C2=O. The first-order valence-corrected chi connectivity index (χ1v) is 9.33. The topological polar surface area (TPSA) is 49.4 Å². The molecular formula is C22H24F2N2O2. The van der Waals surface area contributed by atoms with E-state index in [1.54, 1.807) is 24.1 Å². The van der Waals surface area contributed by atoms with Gasteiger partial charge in [0.1, 0.15) is 23.3 Å². The average Bonchev–Trinajstić information content (AvgIpc) is 3.34. The van der Waals surface area contributed by atoms with Crippen LogP contribution in [0.25, 0.3) is 0 Å². The fraction of sp³-hybridized carbons (Fsp3) is 0.364. The van der Waals surface area contributed by atoms with Crippen LogP contribution in [0.4, 0.5) is 20.2 Å². The molecule has 2 fully saturated rings. The van der Waals surface area contributed by atoms with Crippen molar-refractivity contribution in [1.82, 2.24) is 0 Å². The lowest BCUT2D eigenvalue weighted by atomic mass is 10.0. The fourth-order valence-electron chi connectivity index (χ4n) is 3.58. The Morgan fingerprint density at radius 2 is 1.86 bits per heavy atom. The molecule has 4 rings (SSSR count). The van der Waals surface area contributed by atoms with Gasteiger partial charge in [0, 0.05) is 25.0 Å². The number of carbonyl (C=O) groups excluding carboxylic acids is 2. The summed E-state index contributed by atoms with van der Waals surface area (Å²) in [6.07, 6.45) is 1.44. The third-order valence-electron chi connectivity index (χ3n) is 5.46. The van der Waals surface area contributed by atoms with Crippen molar-refractivity contribution < 1.29 is 18.4 Å². The van der Waals surface area contributed by atoms with Crippen molar-refractivity contribution >= 4 is 23.6 Å². The predicted octanol–water partition coefficient (Wildman–Crippen LogP) is 4.37. The highest BCUT2D eigenvalue weighted by Gasteiger charge is 2.67. The Bertz CT molecular complexity index is 883. The number of amides is 1. The third kappa shape index (κ3) is 3.63. The molecule has 0 bridgehead atoms. The first-order chi connectivity index (χ1) is 13.3. The van der Waals surface area contributed by atoms with Crippen LogP contribution in [0.3, 0.4) is 0 Å². The van der Waals surface area contributed by atoms with Crippen molar-refractivity contribution in [2.24, 2.45) is 11.3 Å². The minimum absolute atomic E-state index is 0.128. The fourth-order valence-corrected chi connectivity index (χ4v) is 3.58. The van der Waals surface area contributed by atoms with E-state index in [9.17, 15) is 18.4 Å². The zero-order chi connectivity index (χ0) is 20.5. The smallest absolute Gasteiger partial charge is 0.240 e. The molecule has 1 aliphatic carbocycles. The van der Waals surface area contributed by atoms with Crippen molar-refractivity contribution in [2.75, 3.05) is 23.8 Å². The highest BCUT2D eigenvalue weighted by Crippen LogP contribution is 2.57. The van der Waals surface area contributed by atoms with Crippen molar-refractivity contribution in [3.63, 3.8) is 0 Å². The summed E-state index contributed by atoms with van der Waals surface area (Å²) in [5.74, 6) is -0.194. The molecule has 28 heavy (non-hydrogen) atoms. The molecule has 1 heterocycles. The number of hydrogen-bond donors (Lipinski definition) is 1. The van der Waals surface area contributed by atoms with Crippen LogP contribution in [0.1, 0.15) is 31.7 Å². The standard InChI is InChI=1S/C12H10FNO2.C10H14FN/c13-9-1-3-10(4-2-9)14-6-8-5-12(8,7-15)11(14)16;1-7(2)9-5-4-8(12-3)6-10(9)11/h1-4,7-8H,5-6H2;4-7,12H,1-3H3. The van der Waals surface area contributed by atoms with Gasteiger partial charge in [0.15, 0.2) is 0 Å². The number of hydrogen-bond acceptors (Lipinski definition) is 3. The molecule has 1 saturated carbocycles. The molecule has 2 aromatic rings. The van der Waals surface area contributed by atoms with E-state index in [1.807, 2.05) is 26.0 Å². The van der Waals surface area contributed by atoms with Crippen LogP contribution in [0, 0.1) is 23.0 Å². The van der Waals surface area contributed by atoms with E-state index in [1.165, 1.54) is 18.2 Å². The highest BCUT2D eigenvalue weighted by atomic mass is 19.1. The molecule has 1 saturated heterocycles. The van der Waals surface area contributed by atoms with Gasteiger partial charge >= 0.3 is 0 Å². The number of fused-ring (bicyclic) bond motifs is 1. The molecule has 2 aromatic carbocycles. The molecule has 0 spiro atoms. The molecule has 148 valence electrons. The van der Waals surface area contributed by atoms with Crippen molar-refractivity contribution in [3.05, 3.63) is 59.7 Å². The maximum atomic E-state index is 13.2. The minimum Gasteiger partial charge on any atom is -0.388 e. The number of piperidine rings is 1. The van der Waals surface area contributed by atoms with Gasteiger partial charge in [-0.05, 0) is 60.2 Å². The zero-order valence-corrected chi connectivity index (χ0v) is 16.2. The van der Waals surface area contributed by atoms with E-state index in [0.29, 0.717) is 18.7 Å². The maximum absolute atomic E-state index is 13.2. The van der Waals surface area contributed by atoms with Crippen LogP contribution in [0.2, 0.25) is 0 Å². The molecule has 4 nitrogen and oxygen atoms in total. The molecule has 0 radical (unpaired) electrons. The quantitative estimate of drug-likeness (QED) is 0.627. The number of anilines is 2. The average molecular weight is 386 g/mol. The van der Waals surface area contributed by atoms with Crippen LogP contribution in [-0.4, -0.2) is 25.8 Å². The van der Waals surface area contributed by atoms with Crippen LogP contribution in [0.5, 0.6) is 0 Å². The van der Waals surface area contributed by atoms with Gasteiger partial charge in [-0.2, -0.15) is 0 Å². The summed E-state index contributed by atoms with van der Waals surface area (Å²) in [5, 5.41) is 2.89. The van der Waals surface area contributed by atoms with E-state index in [2.05, 4.69) is 5.32 Å². The van der Waals surface area contributed by atoms with E-state index in [4.69, 9.17) is 0 Å². The van der Waals surface area contributed by atoms with E-state index in [-0.39, 0.29) is 29.4 Å². The Balaban J connectivity index is 0.000000169. The lowest BCUT2D eigenvalue weighted by Gasteiger charge is -2.19. The monoisotopic (exact) mass is 386 g/mol. The summed E-state index contributed by atoms with van der Waals surface area (Å²) in [6, 6.07) is 11.0. The lowest BCUT2D eigenvalue weighted by molar-refractivity contribution is -0.127. The third-order valence-corrected chi connectivity index (χ3v) is 5.46. The van der Waals surface area contributed by atoms with Gasteiger partial charge in [0.2, 0.25) is 5.91 Å². The molecule has 2 aliphatic rings. The van der Waals surface area contributed by atoms with Crippen LogP contribution >= 0.6 is 0 Å². The van der Waals surface area contributed by atoms with Gasteiger partial charge in [-0.3, -0.25) is 4.79 Å². The predicted molar refractivity (Wildman–Crippen MR) is 105 cm³/mol. The molecule has 0 aromatic heterocycles. The van der Waals surface area contributed by atoms with Crippen molar-refractivity contribution in [1.29, 1.82) is 0 Å². The Kier molecular flexibility index (Phi) is 5.49. The van der Waals surface area contributed by atoms with E-state index >= 15 is 0 Å². The summed E-state index contributed by atoms with van der Waals surface area (Å²) >= 11 is 0. The number of aldehydes is 1. The largest absolute Gasteiger partial charge is 0.388 e. The second-order valence-electron chi connectivity index (χ2n) is 7.59. The molecule has 6 heteroatoms. The molecule has 1 N–H and O–H groups in total. The number of halogens is 2. The number of nitrogens with zero attached hydrogens (tertiary/aromatic N) is 1. The Morgan fingerprint density at radius 3 is 2.36 bits per heavy atom. The van der Waals surface area contributed by atoms with Crippen molar-refractivity contribution in [2.45, 2.75) is 26.2 Å².